The summed E-state index contributed by atoms with van der Waals surface area (Å²) in [7, 11) is 0. The van der Waals surface area contributed by atoms with Crippen molar-refractivity contribution < 1.29 is 5.11 Å². The van der Waals surface area contributed by atoms with E-state index in [1.807, 2.05) is 0 Å². The predicted molar refractivity (Wildman–Crippen MR) is 98.5 cm³/mol. The summed E-state index contributed by atoms with van der Waals surface area (Å²) < 4.78 is 0. The molecule has 0 spiro atoms. The molecule has 0 aliphatic heterocycles. The van der Waals surface area contributed by atoms with Crippen LogP contribution in [0.2, 0.25) is 0 Å². The summed E-state index contributed by atoms with van der Waals surface area (Å²) in [6.45, 7) is 6.90. The van der Waals surface area contributed by atoms with Crippen LogP contribution in [0.5, 0.6) is 5.75 Å². The van der Waals surface area contributed by atoms with Gasteiger partial charge in [0.2, 0.25) is 0 Å². The Hall–Kier alpha value is -0.980. The third kappa shape index (κ3) is 3.75. The minimum Gasteiger partial charge on any atom is -0.507 e. The van der Waals surface area contributed by atoms with Crippen molar-refractivity contribution in [3.63, 3.8) is 0 Å². The molecule has 0 unspecified atom stereocenters. The van der Waals surface area contributed by atoms with Crippen LogP contribution < -0.4 is 0 Å². The van der Waals surface area contributed by atoms with E-state index in [2.05, 4.69) is 32.9 Å². The topological polar surface area (TPSA) is 20.2 Å². The summed E-state index contributed by atoms with van der Waals surface area (Å²) in [5.41, 5.74) is 4.09. The molecule has 0 heterocycles. The van der Waals surface area contributed by atoms with Gasteiger partial charge in [0.05, 0.1) is 0 Å². The van der Waals surface area contributed by atoms with Crippen LogP contribution >= 0.6 is 0 Å². The number of benzene rings is 1. The van der Waals surface area contributed by atoms with Crippen molar-refractivity contribution in [3.05, 3.63) is 28.8 Å². The predicted octanol–water partition coefficient (Wildman–Crippen LogP) is 6.79. The average Bonchev–Trinajstić information content (AvgIpc) is 2.55. The van der Waals surface area contributed by atoms with E-state index in [0.717, 1.165) is 0 Å². The number of rotatable bonds is 2. The van der Waals surface area contributed by atoms with Crippen molar-refractivity contribution in [1.82, 2.24) is 0 Å². The fraction of sp³-hybridized carbons (Fsp3) is 0.727. The molecule has 2 saturated carbocycles. The van der Waals surface area contributed by atoms with Gasteiger partial charge in [-0.25, -0.2) is 0 Å². The Bertz CT molecular complexity index is 486. The summed E-state index contributed by atoms with van der Waals surface area (Å²) in [5.74, 6) is 1.80. The van der Waals surface area contributed by atoms with E-state index in [1.165, 1.54) is 80.9 Å². The third-order valence-electron chi connectivity index (χ3n) is 6.12. The molecule has 3 rings (SSSR count). The molecule has 1 N–H and O–H groups in total. The highest BCUT2D eigenvalue weighted by Gasteiger charge is 2.27. The first-order chi connectivity index (χ1) is 11.0. The lowest BCUT2D eigenvalue weighted by atomic mass is 9.75. The van der Waals surface area contributed by atoms with Gasteiger partial charge >= 0.3 is 0 Å². The quantitative estimate of drug-likeness (QED) is 0.637. The van der Waals surface area contributed by atoms with Crippen LogP contribution in [0.25, 0.3) is 0 Å². The average molecular weight is 315 g/mol. The highest BCUT2D eigenvalue weighted by atomic mass is 16.3. The fourth-order valence-electron chi connectivity index (χ4n) is 4.56. The summed E-state index contributed by atoms with van der Waals surface area (Å²) >= 11 is 0. The molecule has 0 aromatic heterocycles. The molecule has 1 heteroatoms. The van der Waals surface area contributed by atoms with E-state index >= 15 is 0 Å². The normalized spacial score (nSPS) is 21.5. The Kier molecular flexibility index (Phi) is 5.04. The SMILES string of the molecule is CC(C)(C)c1cc(C2CCCCC2)c(O)c(C2CCCCC2)c1. The highest BCUT2D eigenvalue weighted by molar-refractivity contribution is 5.49. The molecule has 2 aliphatic carbocycles. The van der Waals surface area contributed by atoms with E-state index in [-0.39, 0.29) is 5.41 Å². The van der Waals surface area contributed by atoms with Gasteiger partial charge in [-0.2, -0.15) is 0 Å². The summed E-state index contributed by atoms with van der Waals surface area (Å²) in [6, 6.07) is 4.66. The summed E-state index contributed by atoms with van der Waals surface area (Å²) in [6.07, 6.45) is 13.0. The fourth-order valence-corrected chi connectivity index (χ4v) is 4.56. The molecule has 0 atom stereocenters. The monoisotopic (exact) mass is 314 g/mol. The Morgan fingerprint density at radius 3 is 1.48 bits per heavy atom. The molecule has 2 aliphatic rings. The molecule has 2 fully saturated rings. The molecule has 128 valence electrons. The van der Waals surface area contributed by atoms with Gasteiger partial charge in [-0.1, -0.05) is 71.4 Å². The first kappa shape index (κ1) is 16.9. The second-order valence-corrected chi connectivity index (χ2v) is 8.92. The zero-order valence-electron chi connectivity index (χ0n) is 15.3. The maximum atomic E-state index is 11.1. The van der Waals surface area contributed by atoms with Crippen LogP contribution in [0.15, 0.2) is 12.1 Å². The van der Waals surface area contributed by atoms with Crippen molar-refractivity contribution >= 4 is 0 Å². The van der Waals surface area contributed by atoms with Crippen LogP contribution in [0.3, 0.4) is 0 Å². The maximum absolute atomic E-state index is 11.1. The molecular formula is C22H34O. The Balaban J connectivity index is 2.02. The van der Waals surface area contributed by atoms with E-state index in [4.69, 9.17) is 0 Å². The summed E-state index contributed by atoms with van der Waals surface area (Å²) in [5, 5.41) is 11.1. The van der Waals surface area contributed by atoms with Crippen LogP contribution in [0.1, 0.15) is 114 Å². The Labute approximate surface area is 142 Å². The van der Waals surface area contributed by atoms with Crippen molar-refractivity contribution in [2.45, 2.75) is 102 Å². The highest BCUT2D eigenvalue weighted by Crippen LogP contribution is 2.45. The van der Waals surface area contributed by atoms with Crippen molar-refractivity contribution in [1.29, 1.82) is 0 Å². The van der Waals surface area contributed by atoms with Crippen LogP contribution in [0.4, 0.5) is 0 Å². The standard InChI is InChI=1S/C22H34O/c1-22(2,3)18-14-19(16-10-6-4-7-11-16)21(23)20(15-18)17-12-8-5-9-13-17/h14-17,23H,4-13H2,1-3H3. The number of aromatic hydroxyl groups is 1. The molecule has 0 amide bonds. The van der Waals surface area contributed by atoms with Gasteiger partial charge in [-0.3, -0.25) is 0 Å². The molecule has 0 bridgehead atoms. The van der Waals surface area contributed by atoms with Crippen molar-refractivity contribution in [3.8, 4) is 5.75 Å². The number of phenols is 1. The third-order valence-corrected chi connectivity index (χ3v) is 6.12. The van der Waals surface area contributed by atoms with E-state index in [0.29, 0.717) is 17.6 Å². The molecule has 1 aromatic rings. The van der Waals surface area contributed by atoms with Crippen molar-refractivity contribution in [2.75, 3.05) is 0 Å². The lowest BCUT2D eigenvalue weighted by molar-refractivity contribution is 0.391. The van der Waals surface area contributed by atoms with E-state index in [9.17, 15) is 5.11 Å². The minimum absolute atomic E-state index is 0.153. The van der Waals surface area contributed by atoms with Gasteiger partial charge in [-0.15, -0.1) is 0 Å². The van der Waals surface area contributed by atoms with E-state index < -0.39 is 0 Å². The largest absolute Gasteiger partial charge is 0.507 e. The number of hydrogen-bond acceptors (Lipinski definition) is 1. The Morgan fingerprint density at radius 2 is 1.13 bits per heavy atom. The van der Waals surface area contributed by atoms with Gasteiger partial charge in [0, 0.05) is 0 Å². The molecule has 1 aromatic carbocycles. The van der Waals surface area contributed by atoms with Gasteiger partial charge in [0.15, 0.2) is 0 Å². The first-order valence-corrected chi connectivity index (χ1v) is 9.84. The molecular weight excluding hydrogens is 280 g/mol. The molecule has 1 nitrogen and oxygen atoms in total. The molecule has 0 saturated heterocycles. The summed E-state index contributed by atoms with van der Waals surface area (Å²) in [4.78, 5) is 0. The van der Waals surface area contributed by atoms with Gasteiger partial charge in [0.25, 0.3) is 0 Å². The zero-order valence-corrected chi connectivity index (χ0v) is 15.3. The lowest BCUT2D eigenvalue weighted by Gasteiger charge is -2.30. The lowest BCUT2D eigenvalue weighted by Crippen LogP contribution is -2.16. The van der Waals surface area contributed by atoms with Gasteiger partial charge in [-0.05, 0) is 59.6 Å². The number of phenolic OH excluding ortho intramolecular Hbond substituents is 1. The smallest absolute Gasteiger partial charge is 0.122 e. The maximum Gasteiger partial charge on any atom is 0.122 e. The van der Waals surface area contributed by atoms with E-state index in [1.54, 1.807) is 0 Å². The Morgan fingerprint density at radius 1 is 0.739 bits per heavy atom. The second kappa shape index (κ2) is 6.87. The van der Waals surface area contributed by atoms with Crippen LogP contribution in [-0.4, -0.2) is 5.11 Å². The zero-order chi connectivity index (χ0) is 16.4. The minimum atomic E-state index is 0.153. The second-order valence-electron chi connectivity index (χ2n) is 8.92. The first-order valence-electron chi connectivity index (χ1n) is 9.84. The molecule has 23 heavy (non-hydrogen) atoms. The van der Waals surface area contributed by atoms with Gasteiger partial charge in [0.1, 0.15) is 5.75 Å². The van der Waals surface area contributed by atoms with Crippen LogP contribution in [0, 0.1) is 0 Å². The molecule has 0 radical (unpaired) electrons. The van der Waals surface area contributed by atoms with Crippen molar-refractivity contribution in [2.24, 2.45) is 0 Å². The van der Waals surface area contributed by atoms with Crippen LogP contribution in [-0.2, 0) is 5.41 Å². The van der Waals surface area contributed by atoms with Gasteiger partial charge < -0.3 is 5.11 Å². The number of hydrogen-bond donors (Lipinski definition) is 1.